The summed E-state index contributed by atoms with van der Waals surface area (Å²) in [7, 11) is 1.19. The summed E-state index contributed by atoms with van der Waals surface area (Å²) in [5.74, 6) is -7.10. The number of rotatable bonds is 7. The van der Waals surface area contributed by atoms with Crippen LogP contribution in [0.4, 0.5) is 22.4 Å². The van der Waals surface area contributed by atoms with E-state index in [0.29, 0.717) is 0 Å². The lowest BCUT2D eigenvalue weighted by atomic mass is 9.67. The summed E-state index contributed by atoms with van der Waals surface area (Å²) in [6.07, 6.45) is -5.77. The molecule has 14 heteroatoms. The number of esters is 2. The maximum atomic E-state index is 14.6. The highest BCUT2D eigenvalue weighted by Gasteiger charge is 2.76. The molecule has 1 N–H and O–H groups in total. The van der Waals surface area contributed by atoms with Gasteiger partial charge in [0.25, 0.3) is 11.4 Å². The minimum absolute atomic E-state index is 0.00244. The van der Waals surface area contributed by atoms with Gasteiger partial charge >= 0.3 is 24.2 Å². The number of nitrogens with zero attached hydrogens (tertiary/aromatic N) is 2. The van der Waals surface area contributed by atoms with E-state index in [0.717, 1.165) is 17.1 Å². The topological polar surface area (TPSA) is 124 Å². The zero-order chi connectivity index (χ0) is 28.4. The molecular weight excluding hydrogens is 506 g/mol. The van der Waals surface area contributed by atoms with Crippen molar-refractivity contribution in [2.45, 2.75) is 63.9 Å². The Bertz CT molecular complexity index is 1030. The third-order valence-electron chi connectivity index (χ3n) is 5.56. The van der Waals surface area contributed by atoms with Gasteiger partial charge in [-0.2, -0.15) is 13.2 Å². The van der Waals surface area contributed by atoms with E-state index in [1.54, 1.807) is 0 Å². The van der Waals surface area contributed by atoms with Crippen molar-refractivity contribution in [1.82, 2.24) is 10.2 Å². The fraction of sp³-hybridized carbons (Fsp3) is 0.609. The first kappa shape index (κ1) is 29.8. The molecule has 1 fully saturated rings. The second-order valence-corrected chi connectivity index (χ2v) is 9.21. The van der Waals surface area contributed by atoms with E-state index < -0.39 is 84.4 Å². The molecule has 0 radical (unpaired) electrons. The molecule has 0 bridgehead atoms. The number of halogens is 4. The minimum Gasteiger partial charge on any atom is -0.464 e. The van der Waals surface area contributed by atoms with E-state index in [1.165, 1.54) is 41.7 Å². The van der Waals surface area contributed by atoms with Gasteiger partial charge < -0.3 is 24.4 Å². The van der Waals surface area contributed by atoms with Gasteiger partial charge in [-0.25, -0.2) is 18.8 Å². The van der Waals surface area contributed by atoms with E-state index in [1.807, 2.05) is 0 Å². The summed E-state index contributed by atoms with van der Waals surface area (Å²) in [5.41, 5.74) is -7.63. The van der Waals surface area contributed by atoms with Gasteiger partial charge in [0.05, 0.1) is 13.2 Å². The summed E-state index contributed by atoms with van der Waals surface area (Å²) in [6.45, 7) is 6.08. The highest BCUT2D eigenvalue weighted by molar-refractivity contribution is 6.16. The van der Waals surface area contributed by atoms with Crippen molar-refractivity contribution in [1.29, 1.82) is 0 Å². The van der Waals surface area contributed by atoms with Gasteiger partial charge in [0.1, 0.15) is 17.6 Å². The molecule has 1 aliphatic carbocycles. The fourth-order valence-corrected chi connectivity index (χ4v) is 4.27. The second kappa shape index (κ2) is 10.5. The molecule has 2 aliphatic rings. The number of likely N-dealkylation sites (N-methyl/N-ethyl adjacent to an activating group) is 1. The average Bonchev–Trinajstić information content (AvgIpc) is 2.94. The summed E-state index contributed by atoms with van der Waals surface area (Å²) >= 11 is 0. The Kier molecular flexibility index (Phi) is 8.45. The number of hydrogen-bond donors (Lipinski definition) is 1. The lowest BCUT2D eigenvalue weighted by Crippen LogP contribution is -2.76. The third kappa shape index (κ3) is 5.62. The predicted octanol–water partition coefficient (Wildman–Crippen LogP) is 2.98. The number of aliphatic imine (C=N–C) groups is 1. The number of likely N-dealkylation sites (tertiary alicyclic amines) is 1. The van der Waals surface area contributed by atoms with Crippen LogP contribution < -0.4 is 5.32 Å². The number of alkyl halides is 3. The Morgan fingerprint density at radius 2 is 1.68 bits per heavy atom. The Hall–Kier alpha value is -3.45. The molecule has 0 aromatic rings. The number of amides is 2. The van der Waals surface area contributed by atoms with Crippen LogP contribution in [-0.4, -0.2) is 78.2 Å². The van der Waals surface area contributed by atoms with Gasteiger partial charge in [0.15, 0.2) is 5.54 Å². The SMILES string of the molecule is CCOC(=O)C(N=CC(F)(F)F)(C(=O)OCC)[C@@]1(NC(=O)OC(C)(C)C)C(=O)N(C)C2=CC=C(F)CC21. The number of ether oxygens (including phenoxy) is 3. The van der Waals surface area contributed by atoms with Gasteiger partial charge in [-0.15, -0.1) is 0 Å². The van der Waals surface area contributed by atoms with E-state index in [4.69, 9.17) is 14.2 Å². The van der Waals surface area contributed by atoms with Crippen molar-refractivity contribution in [3.05, 3.63) is 23.7 Å². The van der Waals surface area contributed by atoms with Crippen molar-refractivity contribution in [3.8, 4) is 0 Å². The molecule has 0 saturated carbocycles. The number of carbonyl (C=O) groups excluding carboxylic acids is 4. The standard InChI is InChI=1S/C23H29F4N3O7/c1-7-35-17(32)23(18(33)36-8-2,28-12-21(25,26)27)22(29-19(34)37-20(3,4)5)14-11-13(24)9-10-15(14)30(6)16(22)31/h9-10,12,14H,7-8,11H2,1-6H3,(H,29,34)/t14?,22-/m0/s1. The summed E-state index contributed by atoms with van der Waals surface area (Å²) < 4.78 is 69.9. The van der Waals surface area contributed by atoms with Gasteiger partial charge in [-0.05, 0) is 46.8 Å². The number of allylic oxidation sites excluding steroid dienone is 3. The molecule has 2 amide bonds. The summed E-state index contributed by atoms with van der Waals surface area (Å²) in [5, 5.41) is 2.13. The van der Waals surface area contributed by atoms with Gasteiger partial charge in [-0.1, -0.05) is 0 Å². The lowest BCUT2D eigenvalue weighted by molar-refractivity contribution is -0.172. The average molecular weight is 535 g/mol. The normalized spacial score (nSPS) is 22.3. The van der Waals surface area contributed by atoms with Crippen LogP contribution in [0, 0.1) is 5.92 Å². The first-order valence-electron chi connectivity index (χ1n) is 11.3. The van der Waals surface area contributed by atoms with Crippen LogP contribution in [0.3, 0.4) is 0 Å². The van der Waals surface area contributed by atoms with Crippen molar-refractivity contribution >= 4 is 30.2 Å². The molecule has 1 heterocycles. The van der Waals surface area contributed by atoms with E-state index in [-0.39, 0.29) is 5.70 Å². The zero-order valence-corrected chi connectivity index (χ0v) is 21.2. The molecule has 2 rings (SSSR count). The number of hydrogen-bond acceptors (Lipinski definition) is 8. The van der Waals surface area contributed by atoms with Crippen LogP contribution in [0.25, 0.3) is 0 Å². The first-order valence-corrected chi connectivity index (χ1v) is 11.3. The molecule has 37 heavy (non-hydrogen) atoms. The molecule has 0 spiro atoms. The Morgan fingerprint density at radius 1 is 1.14 bits per heavy atom. The van der Waals surface area contributed by atoms with Crippen LogP contribution in [-0.2, 0) is 28.6 Å². The zero-order valence-electron chi connectivity index (χ0n) is 21.2. The number of alkyl carbamates (subject to hydrolysis) is 1. The van der Waals surface area contributed by atoms with Crippen molar-refractivity contribution < 1.29 is 51.0 Å². The van der Waals surface area contributed by atoms with Crippen molar-refractivity contribution in [3.63, 3.8) is 0 Å². The van der Waals surface area contributed by atoms with Crippen LogP contribution in [0.5, 0.6) is 0 Å². The quantitative estimate of drug-likeness (QED) is 0.175. The highest BCUT2D eigenvalue weighted by Crippen LogP contribution is 2.50. The second-order valence-electron chi connectivity index (χ2n) is 9.21. The van der Waals surface area contributed by atoms with E-state index >= 15 is 0 Å². The Balaban J connectivity index is 3.03. The molecule has 10 nitrogen and oxygen atoms in total. The van der Waals surface area contributed by atoms with Crippen LogP contribution in [0.2, 0.25) is 0 Å². The molecular formula is C23H29F4N3O7. The van der Waals surface area contributed by atoms with E-state index in [9.17, 15) is 36.7 Å². The number of fused-ring (bicyclic) bond motifs is 1. The summed E-state index contributed by atoms with van der Waals surface area (Å²) in [6, 6.07) is 0. The fourth-order valence-electron chi connectivity index (χ4n) is 4.27. The molecule has 0 aromatic carbocycles. The van der Waals surface area contributed by atoms with Crippen molar-refractivity contribution in [2.75, 3.05) is 20.3 Å². The monoisotopic (exact) mass is 535 g/mol. The largest absolute Gasteiger partial charge is 0.464 e. The van der Waals surface area contributed by atoms with Gasteiger partial charge in [0, 0.05) is 25.1 Å². The number of nitrogens with one attached hydrogen (secondary N) is 1. The van der Waals surface area contributed by atoms with E-state index in [2.05, 4.69) is 10.3 Å². The Labute approximate surface area is 210 Å². The third-order valence-corrected chi connectivity index (χ3v) is 5.56. The van der Waals surface area contributed by atoms with Crippen LogP contribution >= 0.6 is 0 Å². The summed E-state index contributed by atoms with van der Waals surface area (Å²) in [4.78, 5) is 58.0. The van der Waals surface area contributed by atoms with Crippen LogP contribution in [0.1, 0.15) is 41.0 Å². The van der Waals surface area contributed by atoms with Gasteiger partial charge in [-0.3, -0.25) is 9.79 Å². The maximum absolute atomic E-state index is 14.6. The lowest BCUT2D eigenvalue weighted by Gasteiger charge is -2.43. The molecule has 1 saturated heterocycles. The maximum Gasteiger partial charge on any atom is 0.426 e. The predicted molar refractivity (Wildman–Crippen MR) is 121 cm³/mol. The smallest absolute Gasteiger partial charge is 0.426 e. The molecule has 0 aromatic heterocycles. The van der Waals surface area contributed by atoms with Crippen LogP contribution in [0.15, 0.2) is 28.7 Å². The number of carbonyl (C=O) groups is 4. The van der Waals surface area contributed by atoms with Gasteiger partial charge in [0.2, 0.25) is 0 Å². The minimum atomic E-state index is -5.18. The molecule has 1 aliphatic heterocycles. The first-order chi connectivity index (χ1) is 17.0. The molecule has 1 unspecified atom stereocenters. The highest BCUT2D eigenvalue weighted by atomic mass is 19.4. The molecule has 206 valence electrons. The molecule has 2 atom stereocenters. The van der Waals surface area contributed by atoms with Crippen molar-refractivity contribution in [2.24, 2.45) is 10.9 Å². The Morgan fingerprint density at radius 3 is 2.14 bits per heavy atom.